The Labute approximate surface area is 98.9 Å². The first-order valence-electron chi connectivity index (χ1n) is 4.93. The van der Waals surface area contributed by atoms with Crippen LogP contribution in [0.15, 0.2) is 12.1 Å². The summed E-state index contributed by atoms with van der Waals surface area (Å²) in [5.74, 6) is 3.49. The van der Waals surface area contributed by atoms with Crippen molar-refractivity contribution in [3.63, 3.8) is 0 Å². The maximum Gasteiger partial charge on any atom is 0.179 e. The molecule has 0 aliphatic carbocycles. The summed E-state index contributed by atoms with van der Waals surface area (Å²) >= 11 is 6.02. The fraction of sp³-hybridized carbons (Fsp3) is 0.333. The molecule has 16 heavy (non-hydrogen) atoms. The second-order valence-corrected chi connectivity index (χ2v) is 3.86. The van der Waals surface area contributed by atoms with Crippen molar-refractivity contribution in [2.75, 3.05) is 13.2 Å². The lowest BCUT2D eigenvalue weighted by atomic mass is 10.1. The molecule has 0 saturated heterocycles. The van der Waals surface area contributed by atoms with Gasteiger partial charge < -0.3 is 14.6 Å². The number of hydrogen-bond donors (Lipinski definition) is 1. The maximum atomic E-state index is 9.75. The molecule has 3 nitrogen and oxygen atoms in total. The minimum atomic E-state index is -0.724. The molecule has 0 amide bonds. The highest BCUT2D eigenvalue weighted by molar-refractivity contribution is 6.32. The lowest BCUT2D eigenvalue weighted by Gasteiger charge is -2.21. The predicted octanol–water partition coefficient (Wildman–Crippen LogP) is 2.17. The Kier molecular flexibility index (Phi) is 3.23. The third-order valence-corrected chi connectivity index (χ3v) is 2.60. The summed E-state index contributed by atoms with van der Waals surface area (Å²) in [7, 11) is 0. The van der Waals surface area contributed by atoms with Gasteiger partial charge in [0.25, 0.3) is 0 Å². The van der Waals surface area contributed by atoms with Crippen molar-refractivity contribution in [1.82, 2.24) is 0 Å². The number of aliphatic hydroxyl groups is 1. The van der Waals surface area contributed by atoms with Gasteiger partial charge in [-0.2, -0.15) is 0 Å². The van der Waals surface area contributed by atoms with Crippen molar-refractivity contribution < 1.29 is 14.6 Å². The molecule has 1 unspecified atom stereocenters. The van der Waals surface area contributed by atoms with Gasteiger partial charge in [0.1, 0.15) is 13.2 Å². The monoisotopic (exact) mass is 238 g/mol. The van der Waals surface area contributed by atoms with Crippen LogP contribution in [0.4, 0.5) is 0 Å². The van der Waals surface area contributed by atoms with Crippen LogP contribution in [-0.4, -0.2) is 18.3 Å². The quantitative estimate of drug-likeness (QED) is 0.803. The molecule has 1 heterocycles. The van der Waals surface area contributed by atoms with E-state index in [1.165, 1.54) is 0 Å². The Morgan fingerprint density at radius 2 is 2.19 bits per heavy atom. The van der Waals surface area contributed by atoms with Crippen LogP contribution in [-0.2, 0) is 0 Å². The van der Waals surface area contributed by atoms with E-state index in [9.17, 15) is 5.11 Å². The first-order chi connectivity index (χ1) is 7.72. The van der Waals surface area contributed by atoms with Gasteiger partial charge in [0.05, 0.1) is 11.1 Å². The van der Waals surface area contributed by atoms with Crippen LogP contribution < -0.4 is 9.47 Å². The molecular formula is C12H11ClO3. The summed E-state index contributed by atoms with van der Waals surface area (Å²) in [6, 6.07) is 3.36. The second kappa shape index (κ2) is 4.65. The highest BCUT2D eigenvalue weighted by Crippen LogP contribution is 2.39. The third kappa shape index (κ3) is 2.08. The van der Waals surface area contributed by atoms with E-state index < -0.39 is 6.10 Å². The third-order valence-electron chi connectivity index (χ3n) is 2.32. The van der Waals surface area contributed by atoms with Crippen LogP contribution in [0.1, 0.15) is 18.1 Å². The predicted molar refractivity (Wildman–Crippen MR) is 60.9 cm³/mol. The van der Waals surface area contributed by atoms with E-state index in [1.54, 1.807) is 12.1 Å². The molecule has 1 aliphatic rings. The summed E-state index contributed by atoms with van der Waals surface area (Å²) in [5.41, 5.74) is 0.646. The van der Waals surface area contributed by atoms with Crippen LogP contribution in [0.25, 0.3) is 0 Å². The van der Waals surface area contributed by atoms with Crippen molar-refractivity contribution in [3.05, 3.63) is 22.7 Å². The van der Waals surface area contributed by atoms with Crippen LogP contribution in [0.2, 0.25) is 5.02 Å². The van der Waals surface area contributed by atoms with E-state index in [0.717, 1.165) is 0 Å². The Morgan fingerprint density at radius 1 is 1.44 bits per heavy atom. The standard InChI is InChI=1S/C12H11ClO3/c1-2-3-10(14)8-6-9(13)12-11(7-8)15-4-5-16-12/h1,6-7,10,14H,3-5H2. The van der Waals surface area contributed by atoms with E-state index in [2.05, 4.69) is 5.92 Å². The molecule has 0 radical (unpaired) electrons. The Balaban J connectivity index is 2.36. The zero-order valence-corrected chi connectivity index (χ0v) is 9.33. The molecule has 0 bridgehead atoms. The number of benzene rings is 1. The first-order valence-corrected chi connectivity index (χ1v) is 5.30. The smallest absolute Gasteiger partial charge is 0.179 e. The van der Waals surface area contributed by atoms with Crippen molar-refractivity contribution in [3.8, 4) is 23.8 Å². The van der Waals surface area contributed by atoms with Crippen LogP contribution in [0, 0.1) is 12.3 Å². The Morgan fingerprint density at radius 3 is 2.94 bits per heavy atom. The molecule has 84 valence electrons. The molecule has 0 spiro atoms. The van der Waals surface area contributed by atoms with Gasteiger partial charge in [0, 0.05) is 6.42 Å². The first kappa shape index (κ1) is 11.1. The number of aliphatic hydroxyl groups excluding tert-OH is 1. The Hall–Kier alpha value is -1.37. The summed E-state index contributed by atoms with van der Waals surface area (Å²) in [6.07, 6.45) is 4.67. The summed E-state index contributed by atoms with van der Waals surface area (Å²) in [4.78, 5) is 0. The lowest BCUT2D eigenvalue weighted by molar-refractivity contribution is 0.166. The summed E-state index contributed by atoms with van der Waals surface area (Å²) in [5, 5.41) is 10.2. The van der Waals surface area contributed by atoms with Crippen molar-refractivity contribution in [1.29, 1.82) is 0 Å². The molecule has 2 rings (SSSR count). The van der Waals surface area contributed by atoms with Gasteiger partial charge in [0.15, 0.2) is 11.5 Å². The van der Waals surface area contributed by atoms with Crippen molar-refractivity contribution >= 4 is 11.6 Å². The van der Waals surface area contributed by atoms with E-state index in [-0.39, 0.29) is 6.42 Å². The van der Waals surface area contributed by atoms with Gasteiger partial charge >= 0.3 is 0 Å². The molecule has 1 aromatic carbocycles. The number of hydrogen-bond acceptors (Lipinski definition) is 3. The van der Waals surface area contributed by atoms with Crippen molar-refractivity contribution in [2.45, 2.75) is 12.5 Å². The van der Waals surface area contributed by atoms with Crippen LogP contribution in [0.5, 0.6) is 11.5 Å². The molecule has 0 fully saturated rings. The topological polar surface area (TPSA) is 38.7 Å². The normalized spacial score (nSPS) is 15.3. The van der Waals surface area contributed by atoms with E-state index >= 15 is 0 Å². The minimum Gasteiger partial charge on any atom is -0.486 e. The number of rotatable bonds is 2. The van der Waals surface area contributed by atoms with Gasteiger partial charge in [-0.15, -0.1) is 12.3 Å². The minimum absolute atomic E-state index is 0.246. The Bertz CT molecular complexity index is 437. The zero-order chi connectivity index (χ0) is 11.5. The molecule has 0 saturated carbocycles. The lowest BCUT2D eigenvalue weighted by Crippen LogP contribution is -2.16. The molecule has 1 aliphatic heterocycles. The average Bonchev–Trinajstić information content (AvgIpc) is 2.29. The molecular weight excluding hydrogens is 228 g/mol. The second-order valence-electron chi connectivity index (χ2n) is 3.45. The van der Waals surface area contributed by atoms with E-state index in [4.69, 9.17) is 27.5 Å². The van der Waals surface area contributed by atoms with E-state index in [0.29, 0.717) is 35.3 Å². The number of fused-ring (bicyclic) bond motifs is 1. The van der Waals surface area contributed by atoms with E-state index in [1.807, 2.05) is 0 Å². The van der Waals surface area contributed by atoms with Gasteiger partial charge in [-0.05, 0) is 17.7 Å². The largest absolute Gasteiger partial charge is 0.486 e. The number of ether oxygens (including phenoxy) is 2. The zero-order valence-electron chi connectivity index (χ0n) is 8.57. The number of halogens is 1. The highest BCUT2D eigenvalue weighted by Gasteiger charge is 2.18. The van der Waals surface area contributed by atoms with Crippen LogP contribution >= 0.6 is 11.6 Å². The van der Waals surface area contributed by atoms with Gasteiger partial charge in [-0.25, -0.2) is 0 Å². The van der Waals surface area contributed by atoms with Gasteiger partial charge in [0.2, 0.25) is 0 Å². The SMILES string of the molecule is C#CCC(O)c1cc(Cl)c2c(c1)OCCO2. The molecule has 1 atom stereocenters. The fourth-order valence-corrected chi connectivity index (χ4v) is 1.83. The molecule has 1 aromatic rings. The molecule has 1 N–H and O–H groups in total. The summed E-state index contributed by atoms with van der Waals surface area (Å²) in [6.45, 7) is 0.969. The molecule has 0 aromatic heterocycles. The van der Waals surface area contributed by atoms with Gasteiger partial charge in [-0.1, -0.05) is 11.6 Å². The fourth-order valence-electron chi connectivity index (χ4n) is 1.55. The average molecular weight is 239 g/mol. The number of terminal acetylenes is 1. The molecule has 4 heteroatoms. The highest BCUT2D eigenvalue weighted by atomic mass is 35.5. The van der Waals surface area contributed by atoms with Gasteiger partial charge in [-0.3, -0.25) is 0 Å². The van der Waals surface area contributed by atoms with Crippen LogP contribution in [0.3, 0.4) is 0 Å². The maximum absolute atomic E-state index is 9.75. The summed E-state index contributed by atoms with van der Waals surface area (Å²) < 4.78 is 10.8. The van der Waals surface area contributed by atoms with Crippen molar-refractivity contribution in [2.24, 2.45) is 0 Å².